The van der Waals surface area contributed by atoms with Crippen molar-refractivity contribution in [3.8, 4) is 39.8 Å². The molecule has 4 nitrogen and oxygen atoms in total. The highest BCUT2D eigenvalue weighted by atomic mass is 19.1. The van der Waals surface area contributed by atoms with E-state index in [9.17, 15) is 4.39 Å². The van der Waals surface area contributed by atoms with Crippen LogP contribution in [-0.4, -0.2) is 12.1 Å². The van der Waals surface area contributed by atoms with Gasteiger partial charge in [0.2, 0.25) is 0 Å². The number of pyridine rings is 1. The van der Waals surface area contributed by atoms with E-state index in [4.69, 9.17) is 14.7 Å². The molecule has 152 valence electrons. The number of methoxy groups -OCH3 is 1. The Bertz CT molecular complexity index is 1250. The molecule has 4 aromatic rings. The second-order valence-corrected chi connectivity index (χ2v) is 6.87. The van der Waals surface area contributed by atoms with Crippen molar-refractivity contribution in [2.24, 2.45) is 0 Å². The summed E-state index contributed by atoms with van der Waals surface area (Å²) in [5.41, 5.74) is 4.20. The van der Waals surface area contributed by atoms with Gasteiger partial charge in [-0.3, -0.25) is 4.98 Å². The third kappa shape index (κ3) is 4.39. The fraction of sp³-hybridized carbons (Fsp3) is 0.0769. The van der Waals surface area contributed by atoms with Crippen molar-refractivity contribution in [1.82, 2.24) is 4.98 Å². The molecule has 0 radical (unpaired) electrons. The lowest BCUT2D eigenvalue weighted by atomic mass is 9.95. The van der Waals surface area contributed by atoms with E-state index in [1.165, 1.54) is 12.1 Å². The molecule has 3 aromatic carbocycles. The van der Waals surface area contributed by atoms with E-state index in [1.807, 2.05) is 60.7 Å². The zero-order valence-corrected chi connectivity index (χ0v) is 16.9. The Kier molecular flexibility index (Phi) is 5.91. The van der Waals surface area contributed by atoms with Gasteiger partial charge >= 0.3 is 0 Å². The first-order valence-electron chi connectivity index (χ1n) is 9.69. The molecule has 0 saturated heterocycles. The molecule has 0 saturated carbocycles. The van der Waals surface area contributed by atoms with Crippen molar-refractivity contribution in [3.05, 3.63) is 102 Å². The second-order valence-electron chi connectivity index (χ2n) is 6.87. The van der Waals surface area contributed by atoms with Gasteiger partial charge in [-0.15, -0.1) is 0 Å². The molecule has 0 aliphatic carbocycles. The van der Waals surface area contributed by atoms with Gasteiger partial charge in [-0.25, -0.2) is 4.39 Å². The summed E-state index contributed by atoms with van der Waals surface area (Å²) in [5, 5.41) is 9.00. The predicted octanol–water partition coefficient (Wildman–Crippen LogP) is 6.01. The number of benzene rings is 3. The Morgan fingerprint density at radius 1 is 0.903 bits per heavy atom. The van der Waals surface area contributed by atoms with Gasteiger partial charge in [0.25, 0.3) is 0 Å². The molecule has 1 heterocycles. The van der Waals surface area contributed by atoms with Crippen LogP contribution in [0, 0.1) is 17.1 Å². The quantitative estimate of drug-likeness (QED) is 0.390. The van der Waals surface area contributed by atoms with Crippen molar-refractivity contribution < 1.29 is 13.9 Å². The number of hydrogen-bond acceptors (Lipinski definition) is 4. The van der Waals surface area contributed by atoms with Crippen LogP contribution in [-0.2, 0) is 6.61 Å². The van der Waals surface area contributed by atoms with Gasteiger partial charge in [0.15, 0.2) is 11.5 Å². The number of nitriles is 1. The zero-order chi connectivity index (χ0) is 21.6. The summed E-state index contributed by atoms with van der Waals surface area (Å²) < 4.78 is 25.7. The summed E-state index contributed by atoms with van der Waals surface area (Å²) in [7, 11) is 1.60. The molecular formula is C26H19FN2O2. The lowest BCUT2D eigenvalue weighted by Crippen LogP contribution is -1.98. The Balaban J connectivity index is 1.72. The molecular weight excluding hydrogens is 391 g/mol. The third-order valence-corrected chi connectivity index (χ3v) is 4.93. The average Bonchev–Trinajstić information content (AvgIpc) is 2.83. The molecule has 5 heteroatoms. The van der Waals surface area contributed by atoms with Crippen LogP contribution in [0.25, 0.3) is 22.3 Å². The minimum atomic E-state index is -0.552. The second kappa shape index (κ2) is 9.10. The standard InChI is InChI=1S/C26H19FN2O2/c1-30-25-10-9-20(14-26(25)31-17-18-5-3-2-4-6-18)23-16-29-12-11-22(23)19-7-8-21(15-28)24(27)13-19/h2-14,16H,17H2,1H3. The SMILES string of the molecule is COc1ccc(-c2cnccc2-c2ccc(C#N)c(F)c2)cc1OCc1ccccc1. The molecule has 0 unspecified atom stereocenters. The topological polar surface area (TPSA) is 55.1 Å². The summed E-state index contributed by atoms with van der Waals surface area (Å²) in [6, 6.07) is 23.8. The van der Waals surface area contributed by atoms with Crippen LogP contribution in [0.15, 0.2) is 85.2 Å². The first kappa shape index (κ1) is 20.1. The normalized spacial score (nSPS) is 10.4. The van der Waals surface area contributed by atoms with Crippen LogP contribution >= 0.6 is 0 Å². The van der Waals surface area contributed by atoms with Crippen molar-refractivity contribution >= 4 is 0 Å². The molecule has 0 amide bonds. The van der Waals surface area contributed by atoms with Crippen LogP contribution in [0.5, 0.6) is 11.5 Å². The van der Waals surface area contributed by atoms with Gasteiger partial charge in [-0.2, -0.15) is 5.26 Å². The first-order chi connectivity index (χ1) is 15.2. The highest BCUT2D eigenvalue weighted by Crippen LogP contribution is 2.37. The molecule has 0 fully saturated rings. The maximum atomic E-state index is 14.2. The number of halogens is 1. The Hall–Kier alpha value is -4.17. The van der Waals surface area contributed by atoms with Gasteiger partial charge in [0.05, 0.1) is 12.7 Å². The molecule has 0 aliphatic rings. The maximum absolute atomic E-state index is 14.2. The lowest BCUT2D eigenvalue weighted by molar-refractivity contribution is 0.284. The van der Waals surface area contributed by atoms with Crippen LogP contribution < -0.4 is 9.47 Å². The minimum absolute atomic E-state index is 0.0143. The van der Waals surface area contributed by atoms with E-state index in [-0.39, 0.29) is 5.56 Å². The summed E-state index contributed by atoms with van der Waals surface area (Å²) in [6.45, 7) is 0.404. The lowest BCUT2D eigenvalue weighted by Gasteiger charge is -2.14. The van der Waals surface area contributed by atoms with E-state index in [1.54, 1.807) is 25.6 Å². The van der Waals surface area contributed by atoms with E-state index in [0.717, 1.165) is 22.3 Å². The summed E-state index contributed by atoms with van der Waals surface area (Å²) in [5.74, 6) is 0.670. The fourth-order valence-electron chi connectivity index (χ4n) is 3.34. The maximum Gasteiger partial charge on any atom is 0.162 e. The van der Waals surface area contributed by atoms with Crippen molar-refractivity contribution in [3.63, 3.8) is 0 Å². The summed E-state index contributed by atoms with van der Waals surface area (Å²) >= 11 is 0. The van der Waals surface area contributed by atoms with Crippen LogP contribution in [0.3, 0.4) is 0 Å². The molecule has 31 heavy (non-hydrogen) atoms. The summed E-state index contributed by atoms with van der Waals surface area (Å²) in [4.78, 5) is 4.25. The molecule has 0 bridgehead atoms. The van der Waals surface area contributed by atoms with Crippen LogP contribution in [0.1, 0.15) is 11.1 Å². The largest absolute Gasteiger partial charge is 0.493 e. The number of rotatable bonds is 6. The highest BCUT2D eigenvalue weighted by Gasteiger charge is 2.13. The average molecular weight is 410 g/mol. The Morgan fingerprint density at radius 2 is 1.68 bits per heavy atom. The fourth-order valence-corrected chi connectivity index (χ4v) is 3.34. The van der Waals surface area contributed by atoms with Gasteiger partial charge in [0.1, 0.15) is 18.5 Å². The summed E-state index contributed by atoms with van der Waals surface area (Å²) in [6.07, 6.45) is 3.39. The molecule has 4 rings (SSSR count). The Labute approximate surface area is 180 Å². The number of nitrogens with zero attached hydrogens (tertiary/aromatic N) is 2. The van der Waals surface area contributed by atoms with Gasteiger partial charge in [-0.1, -0.05) is 42.5 Å². The van der Waals surface area contributed by atoms with Crippen molar-refractivity contribution in [2.75, 3.05) is 7.11 Å². The monoisotopic (exact) mass is 410 g/mol. The minimum Gasteiger partial charge on any atom is -0.493 e. The van der Waals surface area contributed by atoms with E-state index < -0.39 is 5.82 Å². The molecule has 0 N–H and O–H groups in total. The zero-order valence-electron chi connectivity index (χ0n) is 16.9. The third-order valence-electron chi connectivity index (χ3n) is 4.93. The molecule has 0 atom stereocenters. The van der Waals surface area contributed by atoms with Gasteiger partial charge in [0, 0.05) is 18.0 Å². The van der Waals surface area contributed by atoms with E-state index >= 15 is 0 Å². The first-order valence-corrected chi connectivity index (χ1v) is 9.69. The van der Waals surface area contributed by atoms with Gasteiger partial charge < -0.3 is 9.47 Å². The predicted molar refractivity (Wildman–Crippen MR) is 117 cm³/mol. The van der Waals surface area contributed by atoms with E-state index in [0.29, 0.717) is 23.7 Å². The molecule has 1 aromatic heterocycles. The smallest absolute Gasteiger partial charge is 0.162 e. The number of ether oxygens (including phenoxy) is 2. The number of aromatic nitrogens is 1. The van der Waals surface area contributed by atoms with Crippen molar-refractivity contribution in [2.45, 2.75) is 6.61 Å². The van der Waals surface area contributed by atoms with Crippen molar-refractivity contribution in [1.29, 1.82) is 5.26 Å². The number of hydrogen-bond donors (Lipinski definition) is 0. The van der Waals surface area contributed by atoms with Crippen LogP contribution in [0.4, 0.5) is 4.39 Å². The highest BCUT2D eigenvalue weighted by molar-refractivity contribution is 5.83. The molecule has 0 aliphatic heterocycles. The Morgan fingerprint density at radius 3 is 2.42 bits per heavy atom. The van der Waals surface area contributed by atoms with Gasteiger partial charge in [-0.05, 0) is 52.6 Å². The van der Waals surface area contributed by atoms with E-state index in [2.05, 4.69) is 4.98 Å². The molecule has 0 spiro atoms. The van der Waals surface area contributed by atoms with Crippen LogP contribution in [0.2, 0.25) is 0 Å².